The number of hydrogen-bond acceptors (Lipinski definition) is 2. The number of hydrogen-bond donors (Lipinski definition) is 1. The van der Waals surface area contributed by atoms with Crippen molar-refractivity contribution in [3.8, 4) is 0 Å². The van der Waals surface area contributed by atoms with Crippen molar-refractivity contribution in [2.45, 2.75) is 38.8 Å². The maximum absolute atomic E-state index is 3.58. The molecule has 2 saturated heterocycles. The van der Waals surface area contributed by atoms with Crippen LogP contribution in [0.15, 0.2) is 0 Å². The molecule has 2 rings (SSSR count). The molecular weight excluding hydrogens is 148 g/mol. The fourth-order valence-corrected chi connectivity index (χ4v) is 2.40. The van der Waals surface area contributed by atoms with E-state index >= 15 is 0 Å². The highest BCUT2D eigenvalue weighted by atomic mass is 15.2. The third-order valence-corrected chi connectivity index (χ3v) is 3.31. The summed E-state index contributed by atoms with van der Waals surface area (Å²) in [5, 5.41) is 3.58. The van der Waals surface area contributed by atoms with Gasteiger partial charge in [0.25, 0.3) is 0 Å². The van der Waals surface area contributed by atoms with Crippen LogP contribution in [0, 0.1) is 5.92 Å². The lowest BCUT2D eigenvalue weighted by atomic mass is 10.0. The van der Waals surface area contributed by atoms with Gasteiger partial charge in [-0.3, -0.25) is 4.90 Å². The molecule has 0 saturated carbocycles. The molecule has 0 aromatic rings. The second kappa shape index (κ2) is 2.71. The summed E-state index contributed by atoms with van der Waals surface area (Å²) in [4.78, 5) is 2.61. The van der Waals surface area contributed by atoms with Gasteiger partial charge in [0.05, 0.1) is 0 Å². The van der Waals surface area contributed by atoms with Gasteiger partial charge < -0.3 is 5.32 Å². The van der Waals surface area contributed by atoms with Crippen LogP contribution in [0.25, 0.3) is 0 Å². The second-order valence-corrected chi connectivity index (χ2v) is 5.19. The van der Waals surface area contributed by atoms with E-state index in [1.165, 1.54) is 26.1 Å². The summed E-state index contributed by atoms with van der Waals surface area (Å²) >= 11 is 0. The second-order valence-electron chi connectivity index (χ2n) is 5.19. The first-order valence-corrected chi connectivity index (χ1v) is 5.06. The van der Waals surface area contributed by atoms with Crippen molar-refractivity contribution in [2.24, 2.45) is 5.92 Å². The molecule has 2 fully saturated rings. The van der Waals surface area contributed by atoms with Gasteiger partial charge in [0, 0.05) is 24.7 Å². The number of fused-ring (bicyclic) bond motifs is 1. The molecule has 1 N–H and O–H groups in total. The number of nitrogens with zero attached hydrogens (tertiary/aromatic N) is 1. The normalized spacial score (nSPS) is 37.2. The van der Waals surface area contributed by atoms with Crippen molar-refractivity contribution < 1.29 is 0 Å². The van der Waals surface area contributed by atoms with Gasteiger partial charge in [-0.2, -0.15) is 0 Å². The number of likely N-dealkylation sites (tertiary alicyclic amines) is 1. The Morgan fingerprint density at radius 1 is 1.25 bits per heavy atom. The fourth-order valence-electron chi connectivity index (χ4n) is 2.40. The van der Waals surface area contributed by atoms with Crippen LogP contribution in [-0.4, -0.2) is 36.1 Å². The van der Waals surface area contributed by atoms with Crippen molar-refractivity contribution in [3.05, 3.63) is 0 Å². The first-order chi connectivity index (χ1) is 5.57. The molecule has 2 aliphatic rings. The first kappa shape index (κ1) is 8.52. The van der Waals surface area contributed by atoms with E-state index in [1.54, 1.807) is 0 Å². The lowest BCUT2D eigenvalue weighted by Gasteiger charge is -2.32. The highest BCUT2D eigenvalue weighted by Gasteiger charge is 2.39. The molecule has 0 aromatic carbocycles. The average Bonchev–Trinajstić information content (AvgIpc) is 2.37. The van der Waals surface area contributed by atoms with E-state index in [0.717, 1.165) is 12.0 Å². The largest absolute Gasteiger partial charge is 0.312 e. The van der Waals surface area contributed by atoms with Gasteiger partial charge >= 0.3 is 0 Å². The topological polar surface area (TPSA) is 15.3 Å². The van der Waals surface area contributed by atoms with Crippen LogP contribution < -0.4 is 5.32 Å². The average molecular weight is 168 g/mol. The van der Waals surface area contributed by atoms with Crippen LogP contribution in [0.4, 0.5) is 0 Å². The summed E-state index contributed by atoms with van der Waals surface area (Å²) in [7, 11) is 0. The van der Waals surface area contributed by atoms with Crippen LogP contribution in [0.3, 0.4) is 0 Å². The van der Waals surface area contributed by atoms with E-state index in [1.807, 2.05) is 0 Å². The minimum Gasteiger partial charge on any atom is -0.312 e. The Morgan fingerprint density at radius 2 is 2.00 bits per heavy atom. The predicted octanol–water partition coefficient (Wildman–Crippen LogP) is 1.08. The van der Waals surface area contributed by atoms with E-state index in [0.29, 0.717) is 5.54 Å². The zero-order valence-corrected chi connectivity index (χ0v) is 8.43. The van der Waals surface area contributed by atoms with Crippen molar-refractivity contribution in [3.63, 3.8) is 0 Å². The van der Waals surface area contributed by atoms with Crippen molar-refractivity contribution in [1.29, 1.82) is 0 Å². The van der Waals surface area contributed by atoms with Gasteiger partial charge in [0.15, 0.2) is 0 Å². The summed E-state index contributed by atoms with van der Waals surface area (Å²) < 4.78 is 0. The van der Waals surface area contributed by atoms with Crippen LogP contribution in [0.1, 0.15) is 27.2 Å². The first-order valence-electron chi connectivity index (χ1n) is 5.06. The van der Waals surface area contributed by atoms with E-state index in [4.69, 9.17) is 0 Å². The summed E-state index contributed by atoms with van der Waals surface area (Å²) in [6, 6.07) is 0.796. The minimum atomic E-state index is 0.367. The van der Waals surface area contributed by atoms with Gasteiger partial charge in [-0.25, -0.2) is 0 Å². The molecule has 1 unspecified atom stereocenters. The standard InChI is InChI=1S/C10H20N2/c1-10(2,3)12-6-8-4-5-11-9(8)7-12/h8-9,11H,4-7H2,1-3H3/t8?,9-/m0/s1. The van der Waals surface area contributed by atoms with Crippen LogP contribution in [-0.2, 0) is 0 Å². The van der Waals surface area contributed by atoms with Gasteiger partial charge in [0.2, 0.25) is 0 Å². The number of rotatable bonds is 0. The molecule has 0 radical (unpaired) electrons. The van der Waals surface area contributed by atoms with Gasteiger partial charge in [-0.15, -0.1) is 0 Å². The lowest BCUT2D eigenvalue weighted by molar-refractivity contribution is 0.163. The molecule has 2 heterocycles. The summed E-state index contributed by atoms with van der Waals surface area (Å²) in [5.41, 5.74) is 0.367. The van der Waals surface area contributed by atoms with Crippen LogP contribution in [0.2, 0.25) is 0 Å². The number of nitrogens with one attached hydrogen (secondary N) is 1. The van der Waals surface area contributed by atoms with E-state index in [-0.39, 0.29) is 0 Å². The third-order valence-electron chi connectivity index (χ3n) is 3.31. The van der Waals surface area contributed by atoms with Crippen LogP contribution >= 0.6 is 0 Å². The molecule has 2 aliphatic heterocycles. The van der Waals surface area contributed by atoms with Crippen molar-refractivity contribution >= 4 is 0 Å². The van der Waals surface area contributed by atoms with Crippen LogP contribution in [0.5, 0.6) is 0 Å². The van der Waals surface area contributed by atoms with E-state index in [9.17, 15) is 0 Å². The summed E-state index contributed by atoms with van der Waals surface area (Å²) in [6.07, 6.45) is 1.39. The third kappa shape index (κ3) is 1.38. The Kier molecular flexibility index (Phi) is 1.92. The van der Waals surface area contributed by atoms with Gasteiger partial charge in [0.1, 0.15) is 0 Å². The van der Waals surface area contributed by atoms with E-state index < -0.39 is 0 Å². The monoisotopic (exact) mass is 168 g/mol. The van der Waals surface area contributed by atoms with E-state index in [2.05, 4.69) is 31.0 Å². The molecule has 0 spiro atoms. The minimum absolute atomic E-state index is 0.367. The SMILES string of the molecule is CC(C)(C)N1CC2CCN[C@H]2C1. The molecule has 0 aromatic heterocycles. The fraction of sp³-hybridized carbons (Fsp3) is 1.00. The summed E-state index contributed by atoms with van der Waals surface area (Å²) in [6.45, 7) is 10.7. The summed E-state index contributed by atoms with van der Waals surface area (Å²) in [5.74, 6) is 0.934. The molecule has 0 bridgehead atoms. The zero-order chi connectivity index (χ0) is 8.77. The molecule has 0 aliphatic carbocycles. The molecule has 70 valence electrons. The maximum Gasteiger partial charge on any atom is 0.0236 e. The highest BCUT2D eigenvalue weighted by molar-refractivity contribution is 4.97. The predicted molar refractivity (Wildman–Crippen MR) is 51.2 cm³/mol. The van der Waals surface area contributed by atoms with Crippen molar-refractivity contribution in [2.75, 3.05) is 19.6 Å². The zero-order valence-electron chi connectivity index (χ0n) is 8.43. The molecule has 12 heavy (non-hydrogen) atoms. The molecular formula is C10H20N2. The maximum atomic E-state index is 3.58. The Hall–Kier alpha value is -0.0800. The molecule has 0 amide bonds. The smallest absolute Gasteiger partial charge is 0.0236 e. The molecule has 2 nitrogen and oxygen atoms in total. The Labute approximate surface area is 75.3 Å². The Bertz CT molecular complexity index is 159. The Morgan fingerprint density at radius 3 is 2.58 bits per heavy atom. The Balaban J connectivity index is 1.99. The molecule has 2 atom stereocenters. The van der Waals surface area contributed by atoms with Crippen molar-refractivity contribution in [1.82, 2.24) is 10.2 Å². The van der Waals surface area contributed by atoms with Gasteiger partial charge in [-0.1, -0.05) is 0 Å². The molecule has 2 heteroatoms. The lowest BCUT2D eigenvalue weighted by Crippen LogP contribution is -2.41. The highest BCUT2D eigenvalue weighted by Crippen LogP contribution is 2.29. The quantitative estimate of drug-likeness (QED) is 0.582. The van der Waals surface area contributed by atoms with Gasteiger partial charge in [-0.05, 0) is 39.7 Å².